The maximum atomic E-state index is 7.03. The Balaban J connectivity index is 2.86. The molecule has 1 aromatic carbocycles. The zero-order valence-corrected chi connectivity index (χ0v) is 9.36. The number of nitrogens with zero attached hydrogens (tertiary/aromatic N) is 1. The zero-order chi connectivity index (χ0) is 12.0. The van der Waals surface area contributed by atoms with Gasteiger partial charge in [0.2, 0.25) is 0 Å². The quantitative estimate of drug-likeness (QED) is 0.576. The summed E-state index contributed by atoms with van der Waals surface area (Å²) in [5.41, 5.74) is 6.03. The smallest absolute Gasteiger partial charge is 0.123 e. The Morgan fingerprint density at radius 2 is 1.88 bits per heavy atom. The highest BCUT2D eigenvalue weighted by Gasteiger charge is 1.99. The van der Waals surface area contributed by atoms with E-state index in [1.54, 1.807) is 26.5 Å². The molecule has 1 aromatic rings. The average Bonchev–Trinajstić information content (AvgIpc) is 2.28. The number of hydrogen-bond acceptors (Lipinski definition) is 4. The monoisotopic (exact) mass is 221 g/mol. The molecule has 0 heterocycles. The van der Waals surface area contributed by atoms with Crippen LogP contribution >= 0.6 is 0 Å². The van der Waals surface area contributed by atoms with Crippen LogP contribution in [0.1, 0.15) is 5.56 Å². The van der Waals surface area contributed by atoms with Gasteiger partial charge in [-0.1, -0.05) is 0 Å². The minimum atomic E-state index is 0.0334. The number of amidine groups is 1. The average molecular weight is 221 g/mol. The van der Waals surface area contributed by atoms with Crippen LogP contribution in [0.25, 0.3) is 0 Å². The lowest BCUT2D eigenvalue weighted by atomic mass is 10.2. The fourth-order valence-corrected chi connectivity index (χ4v) is 1.15. The van der Waals surface area contributed by atoms with Gasteiger partial charge in [-0.15, -0.1) is 0 Å². The van der Waals surface area contributed by atoms with Crippen LogP contribution in [-0.2, 0) is 0 Å². The molecule has 0 amide bonds. The minimum Gasteiger partial charge on any atom is -0.497 e. The molecule has 86 valence electrons. The van der Waals surface area contributed by atoms with Crippen molar-refractivity contribution in [1.29, 1.82) is 5.41 Å². The molecule has 0 aliphatic carbocycles. The van der Waals surface area contributed by atoms with Gasteiger partial charge >= 0.3 is 0 Å². The molecule has 1 rings (SSSR count). The Kier molecular flexibility index (Phi) is 4.32. The van der Waals surface area contributed by atoms with Crippen molar-refractivity contribution in [2.45, 2.75) is 0 Å². The molecule has 16 heavy (non-hydrogen) atoms. The van der Waals surface area contributed by atoms with Crippen molar-refractivity contribution in [1.82, 2.24) is 0 Å². The lowest BCUT2D eigenvalue weighted by molar-refractivity contribution is 0.394. The Morgan fingerprint density at radius 1 is 1.31 bits per heavy atom. The van der Waals surface area contributed by atoms with Gasteiger partial charge in [-0.2, -0.15) is 0 Å². The fourth-order valence-electron chi connectivity index (χ4n) is 1.15. The second kappa shape index (κ2) is 5.75. The molecule has 0 spiro atoms. The Morgan fingerprint density at radius 3 is 2.31 bits per heavy atom. The third-order valence-corrected chi connectivity index (χ3v) is 1.88. The van der Waals surface area contributed by atoms with Crippen LogP contribution in [0.3, 0.4) is 0 Å². The molecule has 0 saturated carbocycles. The van der Waals surface area contributed by atoms with Gasteiger partial charge in [0.05, 0.1) is 20.8 Å². The number of hydrogen-bond donors (Lipinski definition) is 2. The maximum absolute atomic E-state index is 7.03. The second-order valence-corrected chi connectivity index (χ2v) is 3.14. The molecular formula is C11H15N3O2. The van der Waals surface area contributed by atoms with Crippen molar-refractivity contribution in [2.75, 3.05) is 20.8 Å². The first-order valence-electron chi connectivity index (χ1n) is 4.71. The number of nitrogens with two attached hydrogens (primary N) is 1. The normalized spacial score (nSPS) is 10.4. The third kappa shape index (κ3) is 3.61. The Labute approximate surface area is 94.4 Å². The molecule has 5 heteroatoms. The number of aliphatic imine (C=N–C) groups is 1. The molecule has 0 bridgehead atoms. The number of ether oxygens (including phenoxy) is 2. The molecule has 0 aliphatic heterocycles. The van der Waals surface area contributed by atoms with Crippen LogP contribution in [0.4, 0.5) is 0 Å². The van der Waals surface area contributed by atoms with E-state index in [1.165, 1.54) is 0 Å². The molecule has 0 saturated heterocycles. The number of benzene rings is 1. The highest BCUT2D eigenvalue weighted by Crippen LogP contribution is 2.21. The minimum absolute atomic E-state index is 0.0334. The van der Waals surface area contributed by atoms with Crippen molar-refractivity contribution in [3.63, 3.8) is 0 Å². The topological polar surface area (TPSA) is 80.7 Å². The van der Waals surface area contributed by atoms with Gasteiger partial charge in [0, 0.05) is 12.3 Å². The lowest BCUT2D eigenvalue weighted by Crippen LogP contribution is -2.13. The van der Waals surface area contributed by atoms with E-state index in [0.29, 0.717) is 11.5 Å². The van der Waals surface area contributed by atoms with Crippen LogP contribution in [0, 0.1) is 5.41 Å². The molecule has 0 fully saturated rings. The summed E-state index contributed by atoms with van der Waals surface area (Å²) in [6, 6.07) is 5.43. The first kappa shape index (κ1) is 12.0. The van der Waals surface area contributed by atoms with Crippen LogP contribution in [-0.4, -0.2) is 32.8 Å². The summed E-state index contributed by atoms with van der Waals surface area (Å²) in [7, 11) is 3.18. The second-order valence-electron chi connectivity index (χ2n) is 3.14. The fraction of sp³-hybridized carbons (Fsp3) is 0.273. The van der Waals surface area contributed by atoms with E-state index in [1.807, 2.05) is 12.1 Å². The first-order chi connectivity index (χ1) is 7.65. The van der Waals surface area contributed by atoms with Crippen molar-refractivity contribution >= 4 is 12.1 Å². The summed E-state index contributed by atoms with van der Waals surface area (Å²) in [4.78, 5) is 4.01. The van der Waals surface area contributed by atoms with Crippen molar-refractivity contribution < 1.29 is 9.47 Å². The summed E-state index contributed by atoms with van der Waals surface area (Å²) in [5, 5.41) is 7.03. The van der Waals surface area contributed by atoms with E-state index in [-0.39, 0.29) is 12.4 Å². The van der Waals surface area contributed by atoms with Gasteiger partial charge in [-0.3, -0.25) is 10.4 Å². The molecule has 0 atom stereocenters. The summed E-state index contributed by atoms with van der Waals surface area (Å²) in [6.45, 7) is 0.194. The Hall–Kier alpha value is -2.04. The summed E-state index contributed by atoms with van der Waals surface area (Å²) in [5.74, 6) is 1.43. The molecule has 5 nitrogen and oxygen atoms in total. The number of methoxy groups -OCH3 is 2. The number of nitrogens with one attached hydrogen (secondary N) is 1. The SMILES string of the molecule is COc1cc(C=NCC(=N)N)cc(OC)c1. The molecule has 0 aromatic heterocycles. The molecule has 0 aliphatic rings. The van der Waals surface area contributed by atoms with Gasteiger partial charge < -0.3 is 15.2 Å². The lowest BCUT2D eigenvalue weighted by Gasteiger charge is -2.05. The van der Waals surface area contributed by atoms with Gasteiger partial charge in [0.15, 0.2) is 0 Å². The van der Waals surface area contributed by atoms with Gasteiger partial charge in [0.25, 0.3) is 0 Å². The first-order valence-corrected chi connectivity index (χ1v) is 4.71. The highest BCUT2D eigenvalue weighted by atomic mass is 16.5. The summed E-state index contributed by atoms with van der Waals surface area (Å²) < 4.78 is 10.2. The third-order valence-electron chi connectivity index (χ3n) is 1.88. The Bertz CT molecular complexity index is 380. The standard InChI is InChI=1S/C11H15N3O2/c1-15-9-3-8(4-10(5-9)16-2)6-14-7-11(12)13/h3-6H,7H2,1-2H3,(H3,12,13). The van der Waals surface area contributed by atoms with E-state index in [0.717, 1.165) is 5.56 Å². The molecule has 3 N–H and O–H groups in total. The van der Waals surface area contributed by atoms with Gasteiger partial charge in [-0.05, 0) is 17.7 Å². The molecule has 0 unspecified atom stereocenters. The number of rotatable bonds is 5. The predicted octanol–water partition coefficient (Wildman–Crippen LogP) is 1.06. The predicted molar refractivity (Wildman–Crippen MR) is 63.9 cm³/mol. The largest absolute Gasteiger partial charge is 0.497 e. The highest BCUT2D eigenvalue weighted by molar-refractivity contribution is 5.85. The molecule has 0 radical (unpaired) electrons. The van der Waals surface area contributed by atoms with Gasteiger partial charge in [-0.25, -0.2) is 0 Å². The molecular weight excluding hydrogens is 206 g/mol. The van der Waals surface area contributed by atoms with Crippen LogP contribution < -0.4 is 15.2 Å². The van der Waals surface area contributed by atoms with E-state index < -0.39 is 0 Å². The van der Waals surface area contributed by atoms with Crippen LogP contribution in [0.15, 0.2) is 23.2 Å². The van der Waals surface area contributed by atoms with E-state index in [9.17, 15) is 0 Å². The summed E-state index contributed by atoms with van der Waals surface area (Å²) in [6.07, 6.45) is 1.63. The van der Waals surface area contributed by atoms with Crippen molar-refractivity contribution in [3.05, 3.63) is 23.8 Å². The van der Waals surface area contributed by atoms with E-state index in [2.05, 4.69) is 4.99 Å². The maximum Gasteiger partial charge on any atom is 0.123 e. The van der Waals surface area contributed by atoms with Crippen LogP contribution in [0.5, 0.6) is 11.5 Å². The van der Waals surface area contributed by atoms with Crippen LogP contribution in [0.2, 0.25) is 0 Å². The summed E-state index contributed by atoms with van der Waals surface area (Å²) >= 11 is 0. The van der Waals surface area contributed by atoms with Crippen molar-refractivity contribution in [3.8, 4) is 11.5 Å². The van der Waals surface area contributed by atoms with Crippen molar-refractivity contribution in [2.24, 2.45) is 10.7 Å². The van der Waals surface area contributed by atoms with E-state index >= 15 is 0 Å². The zero-order valence-electron chi connectivity index (χ0n) is 9.36. The van der Waals surface area contributed by atoms with Gasteiger partial charge in [0.1, 0.15) is 17.3 Å². The van der Waals surface area contributed by atoms with E-state index in [4.69, 9.17) is 20.6 Å².